The molecule has 0 heterocycles. The van der Waals surface area contributed by atoms with E-state index in [4.69, 9.17) is 10.5 Å². The molecule has 0 bridgehead atoms. The summed E-state index contributed by atoms with van der Waals surface area (Å²) in [5.74, 6) is -0.148. The lowest BCUT2D eigenvalue weighted by Gasteiger charge is -2.11. The van der Waals surface area contributed by atoms with Crippen molar-refractivity contribution in [1.82, 2.24) is 0 Å². The second kappa shape index (κ2) is 3.96. The van der Waals surface area contributed by atoms with E-state index in [9.17, 15) is 4.39 Å². The maximum Gasteiger partial charge on any atom is 0.167 e. The summed E-state index contributed by atoms with van der Waals surface area (Å²) >= 11 is 0. The Morgan fingerprint density at radius 1 is 1.53 bits per heavy atom. The Bertz CT molecular complexity index is 364. The second-order valence-corrected chi connectivity index (χ2v) is 3.72. The minimum absolute atomic E-state index is 0.259. The highest BCUT2D eigenvalue weighted by Crippen LogP contribution is 2.32. The fourth-order valence-electron chi connectivity index (χ4n) is 1.41. The van der Waals surface area contributed by atoms with Crippen molar-refractivity contribution in [3.8, 4) is 5.75 Å². The van der Waals surface area contributed by atoms with Crippen LogP contribution in [0.4, 0.5) is 15.8 Å². The van der Waals surface area contributed by atoms with Gasteiger partial charge < -0.3 is 15.8 Å². The molecule has 0 atom stereocenters. The molecule has 0 aliphatic heterocycles. The molecule has 0 spiro atoms. The van der Waals surface area contributed by atoms with Crippen molar-refractivity contribution in [2.24, 2.45) is 0 Å². The van der Waals surface area contributed by atoms with Crippen LogP contribution >= 0.6 is 0 Å². The first-order valence-electron chi connectivity index (χ1n) is 5.19. The number of ether oxygens (including phenoxy) is 1. The lowest BCUT2D eigenvalue weighted by molar-refractivity contribution is 0.322. The molecule has 15 heavy (non-hydrogen) atoms. The number of nitrogens with two attached hydrogens (primary N) is 1. The van der Waals surface area contributed by atoms with Gasteiger partial charge in [0.25, 0.3) is 0 Å². The van der Waals surface area contributed by atoms with E-state index in [-0.39, 0.29) is 5.75 Å². The number of hydrogen-bond acceptors (Lipinski definition) is 3. The monoisotopic (exact) mass is 210 g/mol. The van der Waals surface area contributed by atoms with Crippen molar-refractivity contribution in [2.75, 3.05) is 17.7 Å². The molecular formula is C11H15FN2O. The Morgan fingerprint density at radius 3 is 2.87 bits per heavy atom. The lowest BCUT2D eigenvalue weighted by atomic mass is 10.2. The molecule has 0 amide bonds. The highest BCUT2D eigenvalue weighted by Gasteiger charge is 2.22. The molecule has 1 fully saturated rings. The summed E-state index contributed by atoms with van der Waals surface area (Å²) in [6.07, 6.45) is 2.31. The minimum atomic E-state index is -0.407. The smallest absolute Gasteiger partial charge is 0.167 e. The zero-order valence-electron chi connectivity index (χ0n) is 8.72. The summed E-state index contributed by atoms with van der Waals surface area (Å²) in [6, 6.07) is 3.43. The van der Waals surface area contributed by atoms with Crippen LogP contribution < -0.4 is 15.8 Å². The normalized spacial score (nSPS) is 15.1. The number of anilines is 2. The fourth-order valence-corrected chi connectivity index (χ4v) is 1.41. The maximum absolute atomic E-state index is 13.3. The molecule has 2 rings (SSSR count). The molecule has 1 saturated carbocycles. The number of rotatable bonds is 4. The molecule has 82 valence electrons. The molecule has 1 aliphatic rings. The third-order valence-corrected chi connectivity index (χ3v) is 2.34. The molecule has 1 aromatic rings. The van der Waals surface area contributed by atoms with E-state index in [1.165, 1.54) is 6.07 Å². The standard InChI is InChI=1S/C11H15FN2O/c1-2-15-11-6-10(14-7-3-4-7)9(13)5-8(11)12/h5-7,14H,2-4,13H2,1H3. The van der Waals surface area contributed by atoms with E-state index in [1.54, 1.807) is 6.07 Å². The average Bonchev–Trinajstić information content (AvgIpc) is 2.97. The Hall–Kier alpha value is -1.45. The predicted octanol–water partition coefficient (Wildman–Crippen LogP) is 2.38. The molecular weight excluding hydrogens is 195 g/mol. The second-order valence-electron chi connectivity index (χ2n) is 3.72. The first-order valence-corrected chi connectivity index (χ1v) is 5.19. The number of nitrogens with one attached hydrogen (secondary N) is 1. The number of benzene rings is 1. The van der Waals surface area contributed by atoms with Crippen LogP contribution in [-0.4, -0.2) is 12.6 Å². The van der Waals surface area contributed by atoms with Crippen LogP contribution in [0.3, 0.4) is 0 Å². The Morgan fingerprint density at radius 2 is 2.27 bits per heavy atom. The molecule has 0 unspecified atom stereocenters. The lowest BCUT2D eigenvalue weighted by Crippen LogP contribution is -2.05. The molecule has 3 nitrogen and oxygen atoms in total. The molecule has 1 aromatic carbocycles. The van der Waals surface area contributed by atoms with Crippen LogP contribution in [0.5, 0.6) is 5.75 Å². The van der Waals surface area contributed by atoms with E-state index >= 15 is 0 Å². The van der Waals surface area contributed by atoms with Gasteiger partial charge in [-0.15, -0.1) is 0 Å². The van der Waals surface area contributed by atoms with E-state index in [0.717, 1.165) is 18.5 Å². The van der Waals surface area contributed by atoms with Crippen LogP contribution in [0.25, 0.3) is 0 Å². The summed E-state index contributed by atoms with van der Waals surface area (Å²) in [5.41, 5.74) is 6.90. The van der Waals surface area contributed by atoms with Crippen LogP contribution in [0.1, 0.15) is 19.8 Å². The number of halogens is 1. The topological polar surface area (TPSA) is 47.3 Å². The van der Waals surface area contributed by atoms with Gasteiger partial charge in [-0.1, -0.05) is 0 Å². The van der Waals surface area contributed by atoms with Gasteiger partial charge in [-0.2, -0.15) is 0 Å². The Kier molecular flexibility index (Phi) is 2.66. The highest BCUT2D eigenvalue weighted by atomic mass is 19.1. The third-order valence-electron chi connectivity index (χ3n) is 2.34. The third kappa shape index (κ3) is 2.32. The minimum Gasteiger partial charge on any atom is -0.491 e. The van der Waals surface area contributed by atoms with Gasteiger partial charge in [-0.05, 0) is 19.8 Å². The van der Waals surface area contributed by atoms with Crippen LogP contribution in [-0.2, 0) is 0 Å². The molecule has 0 radical (unpaired) electrons. The largest absolute Gasteiger partial charge is 0.491 e. The van der Waals surface area contributed by atoms with E-state index in [1.807, 2.05) is 6.92 Å². The van der Waals surface area contributed by atoms with Crippen LogP contribution in [0, 0.1) is 5.82 Å². The van der Waals surface area contributed by atoms with Crippen molar-refractivity contribution in [1.29, 1.82) is 0 Å². The summed E-state index contributed by atoms with van der Waals surface area (Å²) in [7, 11) is 0. The number of nitrogen functional groups attached to an aromatic ring is 1. The number of hydrogen-bond donors (Lipinski definition) is 2. The zero-order chi connectivity index (χ0) is 10.8. The van der Waals surface area contributed by atoms with Gasteiger partial charge in [-0.25, -0.2) is 4.39 Å². The van der Waals surface area contributed by atoms with E-state index in [2.05, 4.69) is 5.32 Å². The van der Waals surface area contributed by atoms with Crippen molar-refractivity contribution >= 4 is 11.4 Å². The maximum atomic E-state index is 13.3. The van der Waals surface area contributed by atoms with Crippen molar-refractivity contribution in [2.45, 2.75) is 25.8 Å². The van der Waals surface area contributed by atoms with Crippen LogP contribution in [0.15, 0.2) is 12.1 Å². The first kappa shape index (κ1) is 10.1. The summed E-state index contributed by atoms with van der Waals surface area (Å²) < 4.78 is 18.5. The van der Waals surface area contributed by atoms with Crippen LogP contribution in [0.2, 0.25) is 0 Å². The van der Waals surface area contributed by atoms with Gasteiger partial charge in [0.05, 0.1) is 18.0 Å². The summed E-state index contributed by atoms with van der Waals surface area (Å²) in [6.45, 7) is 2.27. The highest BCUT2D eigenvalue weighted by molar-refractivity contribution is 5.69. The average molecular weight is 210 g/mol. The Labute approximate surface area is 88.4 Å². The molecule has 1 aliphatic carbocycles. The summed E-state index contributed by atoms with van der Waals surface area (Å²) in [5, 5.41) is 3.24. The molecule has 0 aromatic heterocycles. The summed E-state index contributed by atoms with van der Waals surface area (Å²) in [4.78, 5) is 0. The SMILES string of the molecule is CCOc1cc(NC2CC2)c(N)cc1F. The van der Waals surface area contributed by atoms with Crippen molar-refractivity contribution < 1.29 is 9.13 Å². The van der Waals surface area contributed by atoms with Gasteiger partial charge in [0, 0.05) is 18.2 Å². The van der Waals surface area contributed by atoms with Crippen molar-refractivity contribution in [3.63, 3.8) is 0 Å². The van der Waals surface area contributed by atoms with Gasteiger partial charge >= 0.3 is 0 Å². The van der Waals surface area contributed by atoms with E-state index in [0.29, 0.717) is 18.3 Å². The molecule has 3 N–H and O–H groups in total. The van der Waals surface area contributed by atoms with Gasteiger partial charge in [-0.3, -0.25) is 0 Å². The van der Waals surface area contributed by atoms with E-state index < -0.39 is 5.82 Å². The van der Waals surface area contributed by atoms with Crippen molar-refractivity contribution in [3.05, 3.63) is 17.9 Å². The van der Waals surface area contributed by atoms with Gasteiger partial charge in [0.2, 0.25) is 0 Å². The van der Waals surface area contributed by atoms with Gasteiger partial charge in [0.15, 0.2) is 11.6 Å². The molecule has 4 heteroatoms. The molecule has 0 saturated heterocycles. The fraction of sp³-hybridized carbons (Fsp3) is 0.455. The van der Waals surface area contributed by atoms with Gasteiger partial charge in [0.1, 0.15) is 0 Å². The zero-order valence-corrected chi connectivity index (χ0v) is 8.72. The Balaban J connectivity index is 2.23. The quantitative estimate of drug-likeness (QED) is 0.750. The predicted molar refractivity (Wildman–Crippen MR) is 58.6 cm³/mol. The first-order chi connectivity index (χ1) is 7.20.